The number of carbonyl (C=O) groups excluding carboxylic acids is 1. The lowest BCUT2D eigenvalue weighted by atomic mass is 10.2. The zero-order chi connectivity index (χ0) is 13.8. The van der Waals surface area contributed by atoms with Crippen LogP contribution in [0.3, 0.4) is 0 Å². The molecule has 1 aliphatic rings. The number of pyridine rings is 1. The second-order valence-electron chi connectivity index (χ2n) is 4.22. The fraction of sp³-hybridized carbons (Fsp3) is 0.417. The summed E-state index contributed by atoms with van der Waals surface area (Å²) in [4.78, 5) is 18.1. The van der Waals surface area contributed by atoms with Crippen LogP contribution in [0.2, 0.25) is 0 Å². The van der Waals surface area contributed by atoms with E-state index in [1.807, 2.05) is 0 Å². The van der Waals surface area contributed by atoms with E-state index in [4.69, 9.17) is 27.8 Å². The van der Waals surface area contributed by atoms with Gasteiger partial charge in [-0.25, -0.2) is 0 Å². The van der Waals surface area contributed by atoms with Crippen LogP contribution in [0.1, 0.15) is 16.1 Å². The predicted octanol–water partition coefficient (Wildman–Crippen LogP) is -0.451. The summed E-state index contributed by atoms with van der Waals surface area (Å²) in [5.41, 5.74) is 6.43. The van der Waals surface area contributed by atoms with Gasteiger partial charge >= 0.3 is 0 Å². The van der Waals surface area contributed by atoms with E-state index in [0.717, 1.165) is 0 Å². The highest BCUT2D eigenvalue weighted by Gasteiger charge is 2.25. The van der Waals surface area contributed by atoms with E-state index in [-0.39, 0.29) is 23.6 Å². The number of aliphatic hydroxyl groups is 1. The molecular formula is C12H15N3O3S. The maximum atomic E-state index is 12.2. The van der Waals surface area contributed by atoms with Crippen molar-refractivity contribution in [2.45, 2.75) is 6.10 Å². The highest BCUT2D eigenvalue weighted by molar-refractivity contribution is 7.80. The van der Waals surface area contributed by atoms with Crippen molar-refractivity contribution in [2.75, 3.05) is 26.3 Å². The van der Waals surface area contributed by atoms with Gasteiger partial charge in [-0.15, -0.1) is 0 Å². The van der Waals surface area contributed by atoms with Gasteiger partial charge in [0, 0.05) is 24.8 Å². The van der Waals surface area contributed by atoms with Crippen LogP contribution < -0.4 is 5.73 Å². The average molecular weight is 281 g/mol. The zero-order valence-electron chi connectivity index (χ0n) is 10.3. The lowest BCUT2D eigenvalue weighted by Gasteiger charge is -2.31. The predicted molar refractivity (Wildman–Crippen MR) is 72.9 cm³/mol. The molecule has 7 heteroatoms. The van der Waals surface area contributed by atoms with Crippen LogP contribution in [0.25, 0.3) is 0 Å². The molecule has 1 aromatic rings. The van der Waals surface area contributed by atoms with E-state index in [1.165, 1.54) is 6.20 Å². The maximum absolute atomic E-state index is 12.2. The van der Waals surface area contributed by atoms with Crippen LogP contribution in [-0.4, -0.2) is 58.3 Å². The Labute approximate surface area is 116 Å². The minimum atomic E-state index is -0.325. The van der Waals surface area contributed by atoms with E-state index in [1.54, 1.807) is 17.0 Å². The lowest BCUT2D eigenvalue weighted by molar-refractivity contribution is -0.0448. The molecule has 2 rings (SSSR count). The van der Waals surface area contributed by atoms with Crippen LogP contribution in [0.4, 0.5) is 0 Å². The molecule has 0 aliphatic carbocycles. The molecule has 19 heavy (non-hydrogen) atoms. The van der Waals surface area contributed by atoms with Crippen molar-refractivity contribution >= 4 is 23.1 Å². The number of nitrogens with two attached hydrogens (primary N) is 1. The molecule has 102 valence electrons. The first-order chi connectivity index (χ1) is 9.11. The summed E-state index contributed by atoms with van der Waals surface area (Å²) in [5.74, 6) is -0.184. The Hall–Kier alpha value is -1.57. The first-order valence-corrected chi connectivity index (χ1v) is 6.30. The van der Waals surface area contributed by atoms with Gasteiger partial charge in [0.15, 0.2) is 0 Å². The second-order valence-corrected chi connectivity index (χ2v) is 4.66. The Morgan fingerprint density at radius 3 is 3.00 bits per heavy atom. The van der Waals surface area contributed by atoms with Crippen molar-refractivity contribution in [3.8, 4) is 0 Å². The molecule has 1 amide bonds. The number of hydrogen-bond acceptors (Lipinski definition) is 5. The normalized spacial score (nSPS) is 19.2. The highest BCUT2D eigenvalue weighted by Crippen LogP contribution is 2.09. The van der Waals surface area contributed by atoms with Crippen molar-refractivity contribution in [2.24, 2.45) is 5.73 Å². The minimum absolute atomic E-state index is 0.0996. The third-order valence-electron chi connectivity index (χ3n) is 2.90. The monoisotopic (exact) mass is 281 g/mol. The molecule has 0 bridgehead atoms. The largest absolute Gasteiger partial charge is 0.394 e. The number of morpholine rings is 1. The van der Waals surface area contributed by atoms with Crippen molar-refractivity contribution in [1.29, 1.82) is 0 Å². The molecule has 0 aromatic carbocycles. The SMILES string of the molecule is NC(=S)c1ccc(C(=O)N2CCOC(CO)C2)nc1. The molecule has 1 aliphatic heterocycles. The second kappa shape index (κ2) is 6.05. The van der Waals surface area contributed by atoms with Gasteiger partial charge in [0.1, 0.15) is 10.7 Å². The van der Waals surface area contributed by atoms with Gasteiger partial charge in [-0.05, 0) is 12.1 Å². The Bertz CT molecular complexity index is 478. The molecule has 0 saturated carbocycles. The molecule has 1 fully saturated rings. The fourth-order valence-corrected chi connectivity index (χ4v) is 1.96. The summed E-state index contributed by atoms with van der Waals surface area (Å²) in [6, 6.07) is 3.27. The van der Waals surface area contributed by atoms with Gasteiger partial charge < -0.3 is 20.5 Å². The summed E-state index contributed by atoms with van der Waals surface area (Å²) in [7, 11) is 0. The van der Waals surface area contributed by atoms with Gasteiger partial charge in [0.05, 0.1) is 19.3 Å². The first-order valence-electron chi connectivity index (χ1n) is 5.89. The molecule has 6 nitrogen and oxygen atoms in total. The average Bonchev–Trinajstić information content (AvgIpc) is 2.46. The summed E-state index contributed by atoms with van der Waals surface area (Å²) in [5, 5.41) is 9.05. The molecule has 2 heterocycles. The molecule has 1 saturated heterocycles. The van der Waals surface area contributed by atoms with E-state index < -0.39 is 0 Å². The van der Waals surface area contributed by atoms with Gasteiger partial charge in [-0.1, -0.05) is 12.2 Å². The fourth-order valence-electron chi connectivity index (χ4n) is 1.84. The number of rotatable bonds is 3. The van der Waals surface area contributed by atoms with Gasteiger partial charge in [0.2, 0.25) is 0 Å². The number of aromatic nitrogens is 1. The molecule has 3 N–H and O–H groups in total. The molecule has 1 atom stereocenters. The van der Waals surface area contributed by atoms with Crippen LogP contribution in [0.15, 0.2) is 18.3 Å². The molecule has 0 radical (unpaired) electrons. The maximum Gasteiger partial charge on any atom is 0.272 e. The summed E-state index contributed by atoms with van der Waals surface area (Å²) < 4.78 is 5.30. The number of nitrogens with zero attached hydrogens (tertiary/aromatic N) is 2. The van der Waals surface area contributed by atoms with Crippen LogP contribution in [0.5, 0.6) is 0 Å². The standard InChI is InChI=1S/C12H15N3O3S/c13-11(19)8-1-2-10(14-5-8)12(17)15-3-4-18-9(6-15)7-16/h1-2,5,9,16H,3-4,6-7H2,(H2,13,19). The van der Waals surface area contributed by atoms with Gasteiger partial charge in [-0.2, -0.15) is 0 Å². The zero-order valence-corrected chi connectivity index (χ0v) is 11.1. The number of thiocarbonyl (C=S) groups is 1. The van der Waals surface area contributed by atoms with E-state index in [2.05, 4.69) is 4.98 Å². The first kappa shape index (κ1) is 13.9. The van der Waals surface area contributed by atoms with Crippen molar-refractivity contribution in [3.63, 3.8) is 0 Å². The van der Waals surface area contributed by atoms with E-state index >= 15 is 0 Å². The highest BCUT2D eigenvalue weighted by atomic mass is 32.1. The summed E-state index contributed by atoms with van der Waals surface area (Å²) in [6.07, 6.45) is 1.16. The van der Waals surface area contributed by atoms with Gasteiger partial charge in [0.25, 0.3) is 5.91 Å². The molecule has 1 unspecified atom stereocenters. The third-order valence-corrected chi connectivity index (χ3v) is 3.13. The van der Waals surface area contributed by atoms with E-state index in [9.17, 15) is 4.79 Å². The number of aliphatic hydroxyl groups excluding tert-OH is 1. The number of carbonyl (C=O) groups is 1. The molecule has 0 spiro atoms. The van der Waals surface area contributed by atoms with Crippen molar-refractivity contribution in [3.05, 3.63) is 29.6 Å². The number of hydrogen-bond donors (Lipinski definition) is 2. The summed E-state index contributed by atoms with van der Waals surface area (Å²) >= 11 is 4.83. The van der Waals surface area contributed by atoms with Crippen LogP contribution >= 0.6 is 12.2 Å². The third kappa shape index (κ3) is 3.25. The summed E-state index contributed by atoms with van der Waals surface area (Å²) in [6.45, 7) is 1.18. The topological polar surface area (TPSA) is 88.7 Å². The Kier molecular flexibility index (Phi) is 4.41. The Morgan fingerprint density at radius 1 is 1.63 bits per heavy atom. The number of ether oxygens (including phenoxy) is 1. The smallest absolute Gasteiger partial charge is 0.272 e. The minimum Gasteiger partial charge on any atom is -0.394 e. The molecule has 1 aromatic heterocycles. The molecular weight excluding hydrogens is 266 g/mol. The van der Waals surface area contributed by atoms with Crippen LogP contribution in [0, 0.1) is 0 Å². The Morgan fingerprint density at radius 2 is 2.42 bits per heavy atom. The van der Waals surface area contributed by atoms with E-state index in [0.29, 0.717) is 31.0 Å². The van der Waals surface area contributed by atoms with Crippen molar-refractivity contribution < 1.29 is 14.6 Å². The quantitative estimate of drug-likeness (QED) is 0.730. The Balaban J connectivity index is 2.08. The lowest BCUT2D eigenvalue weighted by Crippen LogP contribution is -2.47. The van der Waals surface area contributed by atoms with Gasteiger partial charge in [-0.3, -0.25) is 9.78 Å². The van der Waals surface area contributed by atoms with Crippen LogP contribution in [-0.2, 0) is 4.74 Å². The number of amides is 1. The van der Waals surface area contributed by atoms with Crippen molar-refractivity contribution in [1.82, 2.24) is 9.88 Å².